The fourth-order valence-corrected chi connectivity index (χ4v) is 0.331. The largest absolute Gasteiger partial charge is 0.266 e. The van der Waals surface area contributed by atoms with Gasteiger partial charge in [-0.15, -0.1) is 0 Å². The van der Waals surface area contributed by atoms with Gasteiger partial charge in [0.1, 0.15) is 0 Å². The van der Waals surface area contributed by atoms with E-state index in [1.807, 2.05) is 20.0 Å². The Bertz CT molecular complexity index is 128. The molecule has 0 saturated carbocycles. The first kappa shape index (κ1) is 8.41. The molecule has 0 aromatic heterocycles. The molecule has 0 amide bonds. The molecule has 1 heteroatoms. The van der Waals surface area contributed by atoms with Crippen LogP contribution in [0, 0.1) is 0 Å². The van der Waals surface area contributed by atoms with Crippen LogP contribution in [-0.4, -0.2) is 5.71 Å². The second kappa shape index (κ2) is 4.30. The molecule has 52 valence electrons. The predicted molar refractivity (Wildman–Crippen MR) is 42.8 cm³/mol. The molecule has 0 aromatic carbocycles. The van der Waals surface area contributed by atoms with Crippen molar-refractivity contribution in [3.8, 4) is 0 Å². The highest BCUT2D eigenvalue weighted by Gasteiger charge is 1.79. The molecule has 0 radical (unpaired) electrons. The maximum atomic E-state index is 4.15. The Morgan fingerprint density at radius 2 is 1.89 bits per heavy atom. The van der Waals surface area contributed by atoms with Crippen molar-refractivity contribution in [2.24, 2.45) is 4.99 Å². The first-order valence-corrected chi connectivity index (χ1v) is 3.33. The number of hydrogen-bond donors (Lipinski definition) is 0. The summed E-state index contributed by atoms with van der Waals surface area (Å²) < 4.78 is 0. The summed E-state index contributed by atoms with van der Waals surface area (Å²) in [5.74, 6) is 0. The predicted octanol–water partition coefficient (Wildman–Crippen LogP) is 2.78. The zero-order valence-corrected chi connectivity index (χ0v) is 6.73. The Kier molecular flexibility index (Phi) is 4.02. The third-order valence-corrected chi connectivity index (χ3v) is 1.10. The zero-order chi connectivity index (χ0) is 7.28. The molecule has 0 bridgehead atoms. The number of allylic oxidation sites excluding steroid dienone is 1. The van der Waals surface area contributed by atoms with E-state index >= 15 is 0 Å². The molecule has 0 N–H and O–H groups in total. The zero-order valence-electron chi connectivity index (χ0n) is 6.73. The van der Waals surface area contributed by atoms with Crippen molar-refractivity contribution in [1.29, 1.82) is 0 Å². The molecule has 0 aromatic rings. The van der Waals surface area contributed by atoms with Gasteiger partial charge in [0.2, 0.25) is 0 Å². The molecular weight excluding hydrogens is 110 g/mol. The molecule has 1 nitrogen and oxygen atoms in total. The quantitative estimate of drug-likeness (QED) is 0.503. The molecule has 0 aliphatic heterocycles. The van der Waals surface area contributed by atoms with Gasteiger partial charge in [0.15, 0.2) is 0 Å². The van der Waals surface area contributed by atoms with Crippen molar-refractivity contribution < 1.29 is 0 Å². The summed E-state index contributed by atoms with van der Waals surface area (Å²) in [5, 5.41) is 0. The Morgan fingerprint density at radius 1 is 1.33 bits per heavy atom. The lowest BCUT2D eigenvalue weighted by atomic mass is 10.3. The monoisotopic (exact) mass is 125 g/mol. The van der Waals surface area contributed by atoms with Crippen LogP contribution in [0.5, 0.6) is 0 Å². The van der Waals surface area contributed by atoms with E-state index in [0.29, 0.717) is 0 Å². The second-order valence-corrected chi connectivity index (χ2v) is 2.41. The van der Waals surface area contributed by atoms with Crippen LogP contribution in [0.25, 0.3) is 0 Å². The van der Waals surface area contributed by atoms with Crippen LogP contribution < -0.4 is 0 Å². The molecule has 0 aliphatic rings. The van der Waals surface area contributed by atoms with Crippen molar-refractivity contribution in [2.75, 3.05) is 0 Å². The summed E-state index contributed by atoms with van der Waals surface area (Å²) in [6, 6.07) is 0. The van der Waals surface area contributed by atoms with Gasteiger partial charge >= 0.3 is 0 Å². The van der Waals surface area contributed by atoms with Crippen LogP contribution in [0.1, 0.15) is 34.1 Å². The second-order valence-electron chi connectivity index (χ2n) is 2.41. The molecular formula is C8H15N. The Labute approximate surface area is 57.5 Å². The molecule has 0 fully saturated rings. The summed E-state index contributed by atoms with van der Waals surface area (Å²) in [4.78, 5) is 4.15. The summed E-state index contributed by atoms with van der Waals surface area (Å²) in [6.45, 7) is 8.22. The smallest absolute Gasteiger partial charge is 0.0256 e. The van der Waals surface area contributed by atoms with Crippen molar-refractivity contribution in [2.45, 2.75) is 34.1 Å². The normalized spacial score (nSPS) is 11.3. The number of nitrogens with zero attached hydrogens (tertiary/aromatic N) is 1. The highest BCUT2D eigenvalue weighted by Crippen LogP contribution is 1.97. The first-order chi connectivity index (χ1) is 4.16. The van der Waals surface area contributed by atoms with Gasteiger partial charge in [-0.05, 0) is 27.2 Å². The van der Waals surface area contributed by atoms with E-state index < -0.39 is 0 Å². The number of hydrogen-bond acceptors (Lipinski definition) is 1. The van der Waals surface area contributed by atoms with Gasteiger partial charge < -0.3 is 0 Å². The summed E-state index contributed by atoms with van der Waals surface area (Å²) in [7, 11) is 0. The molecule has 0 rings (SSSR count). The lowest BCUT2D eigenvalue weighted by Crippen LogP contribution is -1.77. The van der Waals surface area contributed by atoms with E-state index in [9.17, 15) is 0 Å². The SMILES string of the molecule is CC/C(C)=C\N=C(C)C. The summed E-state index contributed by atoms with van der Waals surface area (Å²) in [5.41, 5.74) is 2.44. The van der Waals surface area contributed by atoms with Crippen molar-refractivity contribution in [3.63, 3.8) is 0 Å². The van der Waals surface area contributed by atoms with Crippen LogP contribution in [0.2, 0.25) is 0 Å². The van der Waals surface area contributed by atoms with E-state index in [1.165, 1.54) is 5.57 Å². The van der Waals surface area contributed by atoms with Gasteiger partial charge in [0, 0.05) is 11.9 Å². The van der Waals surface area contributed by atoms with Crippen LogP contribution in [0.3, 0.4) is 0 Å². The molecule has 0 atom stereocenters. The molecule has 0 spiro atoms. The highest BCUT2D eigenvalue weighted by atomic mass is 14.7. The standard InChI is InChI=1S/C8H15N/c1-5-8(4)6-9-7(2)3/h6H,5H2,1-4H3/b8-6-. The lowest BCUT2D eigenvalue weighted by molar-refractivity contribution is 1.09. The third-order valence-electron chi connectivity index (χ3n) is 1.10. The molecule has 9 heavy (non-hydrogen) atoms. The molecule has 0 unspecified atom stereocenters. The maximum Gasteiger partial charge on any atom is 0.0256 e. The Balaban J connectivity index is 3.83. The fraction of sp³-hybridized carbons (Fsp3) is 0.625. The Hall–Kier alpha value is -0.590. The van der Waals surface area contributed by atoms with Gasteiger partial charge in [-0.1, -0.05) is 12.5 Å². The van der Waals surface area contributed by atoms with Gasteiger partial charge in [0.05, 0.1) is 0 Å². The molecule has 0 saturated heterocycles. The first-order valence-electron chi connectivity index (χ1n) is 3.33. The van der Waals surface area contributed by atoms with Gasteiger partial charge in [-0.3, -0.25) is 4.99 Å². The summed E-state index contributed by atoms with van der Waals surface area (Å²) in [6.07, 6.45) is 3.02. The van der Waals surface area contributed by atoms with E-state index in [4.69, 9.17) is 0 Å². The molecule has 0 heterocycles. The summed E-state index contributed by atoms with van der Waals surface area (Å²) >= 11 is 0. The van der Waals surface area contributed by atoms with E-state index in [0.717, 1.165) is 12.1 Å². The van der Waals surface area contributed by atoms with E-state index in [1.54, 1.807) is 0 Å². The minimum absolute atomic E-state index is 1.09. The average molecular weight is 125 g/mol. The van der Waals surface area contributed by atoms with E-state index in [2.05, 4.69) is 18.8 Å². The van der Waals surface area contributed by atoms with E-state index in [-0.39, 0.29) is 0 Å². The fourth-order valence-electron chi connectivity index (χ4n) is 0.331. The third kappa shape index (κ3) is 5.28. The van der Waals surface area contributed by atoms with Gasteiger partial charge in [-0.25, -0.2) is 0 Å². The van der Waals surface area contributed by atoms with Crippen LogP contribution in [0.15, 0.2) is 16.8 Å². The van der Waals surface area contributed by atoms with Crippen molar-refractivity contribution >= 4 is 5.71 Å². The van der Waals surface area contributed by atoms with Crippen LogP contribution in [0.4, 0.5) is 0 Å². The average Bonchev–Trinajstić information content (AvgIpc) is 1.83. The topological polar surface area (TPSA) is 12.4 Å². The number of aliphatic imine (C=N–C) groups is 1. The van der Waals surface area contributed by atoms with Crippen molar-refractivity contribution in [3.05, 3.63) is 11.8 Å². The minimum Gasteiger partial charge on any atom is -0.266 e. The van der Waals surface area contributed by atoms with Crippen LogP contribution >= 0.6 is 0 Å². The highest BCUT2D eigenvalue weighted by molar-refractivity contribution is 5.79. The minimum atomic E-state index is 1.09. The van der Waals surface area contributed by atoms with Gasteiger partial charge in [0.25, 0.3) is 0 Å². The number of rotatable bonds is 2. The maximum absolute atomic E-state index is 4.15. The van der Waals surface area contributed by atoms with Gasteiger partial charge in [-0.2, -0.15) is 0 Å². The van der Waals surface area contributed by atoms with Crippen LogP contribution in [-0.2, 0) is 0 Å². The lowest BCUT2D eigenvalue weighted by Gasteiger charge is -1.89. The molecule has 0 aliphatic carbocycles. The van der Waals surface area contributed by atoms with Crippen molar-refractivity contribution in [1.82, 2.24) is 0 Å². The Morgan fingerprint density at radius 3 is 2.22 bits per heavy atom.